The number of piperazine rings is 1. The zero-order valence-corrected chi connectivity index (χ0v) is 20.6. The van der Waals surface area contributed by atoms with Crippen LogP contribution in [0.25, 0.3) is 0 Å². The van der Waals surface area contributed by atoms with Gasteiger partial charge in [-0.3, -0.25) is 9.69 Å². The zero-order valence-electron chi connectivity index (χ0n) is 19.8. The highest BCUT2D eigenvalue weighted by Gasteiger charge is 2.28. The first-order valence-corrected chi connectivity index (χ1v) is 12.7. The lowest BCUT2D eigenvalue weighted by Gasteiger charge is -2.34. The normalized spacial score (nSPS) is 14.9. The van der Waals surface area contributed by atoms with Crippen LogP contribution in [0.3, 0.4) is 0 Å². The number of nitrogens with zero attached hydrogens (tertiary/aromatic N) is 2. The third kappa shape index (κ3) is 5.82. The molecule has 0 saturated carbocycles. The lowest BCUT2D eigenvalue weighted by Crippen LogP contribution is -2.48. The summed E-state index contributed by atoms with van der Waals surface area (Å²) in [7, 11) is -0.373. The van der Waals surface area contributed by atoms with Crippen LogP contribution in [0.5, 0.6) is 11.5 Å². The van der Waals surface area contributed by atoms with E-state index in [9.17, 15) is 13.2 Å². The van der Waals surface area contributed by atoms with Gasteiger partial charge in [0, 0.05) is 44.4 Å². The quantitative estimate of drug-likeness (QED) is 0.515. The summed E-state index contributed by atoms with van der Waals surface area (Å²) in [6.07, 6.45) is 0. The van der Waals surface area contributed by atoms with Crippen LogP contribution in [0.15, 0.2) is 77.7 Å². The maximum absolute atomic E-state index is 12.9. The third-order valence-corrected chi connectivity index (χ3v) is 7.88. The van der Waals surface area contributed by atoms with Gasteiger partial charge in [0.1, 0.15) is 11.5 Å². The second kappa shape index (κ2) is 10.9. The summed E-state index contributed by atoms with van der Waals surface area (Å²) in [6, 6.07) is 21.2. The van der Waals surface area contributed by atoms with E-state index in [4.69, 9.17) is 9.47 Å². The monoisotopic (exact) mass is 495 g/mol. The predicted octanol–water partition coefficient (Wildman–Crippen LogP) is 3.46. The summed E-state index contributed by atoms with van der Waals surface area (Å²) < 4.78 is 37.8. The van der Waals surface area contributed by atoms with Crippen molar-refractivity contribution >= 4 is 21.6 Å². The number of rotatable bonds is 8. The largest absolute Gasteiger partial charge is 0.497 e. The summed E-state index contributed by atoms with van der Waals surface area (Å²) >= 11 is 0. The van der Waals surface area contributed by atoms with E-state index in [2.05, 4.69) is 10.2 Å². The Kier molecular flexibility index (Phi) is 7.70. The number of nitrogens with one attached hydrogen (secondary N) is 1. The molecule has 35 heavy (non-hydrogen) atoms. The van der Waals surface area contributed by atoms with Crippen LogP contribution >= 0.6 is 0 Å². The van der Waals surface area contributed by atoms with Crippen LogP contribution in [-0.4, -0.2) is 63.9 Å². The summed E-state index contributed by atoms with van der Waals surface area (Å²) in [4.78, 5) is 15.4. The van der Waals surface area contributed by atoms with E-state index in [-0.39, 0.29) is 5.91 Å². The number of anilines is 1. The minimum atomic E-state index is -3.48. The van der Waals surface area contributed by atoms with Gasteiger partial charge in [0.05, 0.1) is 24.8 Å². The molecular weight excluding hydrogens is 466 g/mol. The molecule has 3 aromatic rings. The molecule has 0 radical (unpaired) electrons. The molecule has 1 aliphatic rings. The Labute approximate surface area is 206 Å². The first-order chi connectivity index (χ1) is 16.9. The lowest BCUT2D eigenvalue weighted by molar-refractivity contribution is 0.102. The van der Waals surface area contributed by atoms with Crippen LogP contribution in [0.4, 0.5) is 5.69 Å². The van der Waals surface area contributed by atoms with Gasteiger partial charge in [-0.1, -0.05) is 30.3 Å². The summed E-state index contributed by atoms with van der Waals surface area (Å²) in [6.45, 7) is 2.71. The molecule has 184 valence electrons. The Hall–Kier alpha value is -3.40. The highest BCUT2D eigenvalue weighted by Crippen LogP contribution is 2.29. The molecule has 1 aliphatic heterocycles. The first kappa shape index (κ1) is 24.7. The number of benzene rings is 3. The van der Waals surface area contributed by atoms with Crippen LogP contribution in [0.1, 0.15) is 15.9 Å². The van der Waals surface area contributed by atoms with E-state index in [1.807, 2.05) is 18.2 Å². The fraction of sp³-hybridized carbons (Fsp3) is 0.269. The number of carbonyl (C=O) groups is 1. The van der Waals surface area contributed by atoms with Gasteiger partial charge in [0.15, 0.2) is 0 Å². The van der Waals surface area contributed by atoms with E-state index in [1.54, 1.807) is 61.7 Å². The first-order valence-electron chi connectivity index (χ1n) is 11.3. The fourth-order valence-corrected chi connectivity index (χ4v) is 5.48. The predicted molar refractivity (Wildman–Crippen MR) is 134 cm³/mol. The summed E-state index contributed by atoms with van der Waals surface area (Å²) in [5, 5.41) is 2.89. The van der Waals surface area contributed by atoms with E-state index in [0.717, 1.165) is 5.56 Å². The zero-order chi connectivity index (χ0) is 24.8. The highest BCUT2D eigenvalue weighted by atomic mass is 32.2. The van der Waals surface area contributed by atoms with Crippen molar-refractivity contribution in [3.05, 3.63) is 83.9 Å². The number of carbonyl (C=O) groups excluding carboxylic acids is 1. The molecule has 3 aromatic carbocycles. The second-order valence-electron chi connectivity index (χ2n) is 8.21. The molecule has 1 saturated heterocycles. The van der Waals surface area contributed by atoms with Gasteiger partial charge in [-0.05, 0) is 42.0 Å². The van der Waals surface area contributed by atoms with Crippen molar-refractivity contribution < 1.29 is 22.7 Å². The lowest BCUT2D eigenvalue weighted by atomic mass is 10.1. The van der Waals surface area contributed by atoms with Crippen LogP contribution in [0, 0.1) is 0 Å². The van der Waals surface area contributed by atoms with Gasteiger partial charge < -0.3 is 14.8 Å². The number of amides is 1. The number of ether oxygens (including phenoxy) is 2. The van der Waals surface area contributed by atoms with Crippen molar-refractivity contribution in [2.24, 2.45) is 0 Å². The van der Waals surface area contributed by atoms with E-state index in [0.29, 0.717) is 60.4 Å². The van der Waals surface area contributed by atoms with Gasteiger partial charge >= 0.3 is 0 Å². The number of sulfonamides is 1. The minimum Gasteiger partial charge on any atom is -0.497 e. The molecule has 1 N–H and O–H groups in total. The molecule has 0 atom stereocenters. The Morgan fingerprint density at radius 1 is 0.886 bits per heavy atom. The maximum Gasteiger partial charge on any atom is 0.255 e. The highest BCUT2D eigenvalue weighted by molar-refractivity contribution is 7.89. The molecule has 1 heterocycles. The number of methoxy groups -OCH3 is 2. The Balaban J connectivity index is 1.37. The van der Waals surface area contributed by atoms with E-state index < -0.39 is 10.0 Å². The van der Waals surface area contributed by atoms with Crippen molar-refractivity contribution in [3.8, 4) is 11.5 Å². The SMILES string of the molecule is COc1ccc(NC(=O)c2cccc(CN3CCN(S(=O)(=O)c4ccccc4)CC3)c2)c(OC)c1. The van der Waals surface area contributed by atoms with Gasteiger partial charge in [0.25, 0.3) is 5.91 Å². The molecule has 4 rings (SSSR count). The topological polar surface area (TPSA) is 88.2 Å². The molecule has 1 fully saturated rings. The standard InChI is InChI=1S/C26H29N3O5S/c1-33-22-11-12-24(25(18-22)34-2)27-26(30)21-8-6-7-20(17-21)19-28-13-15-29(16-14-28)35(31,32)23-9-4-3-5-10-23/h3-12,17-18H,13-16,19H2,1-2H3,(H,27,30). The van der Waals surface area contributed by atoms with Crippen molar-refractivity contribution in [1.82, 2.24) is 9.21 Å². The summed E-state index contributed by atoms with van der Waals surface area (Å²) in [5.74, 6) is 0.907. The van der Waals surface area contributed by atoms with Crippen molar-refractivity contribution in [2.45, 2.75) is 11.4 Å². The molecule has 0 aromatic heterocycles. The van der Waals surface area contributed by atoms with Crippen molar-refractivity contribution in [1.29, 1.82) is 0 Å². The molecule has 0 bridgehead atoms. The fourth-order valence-electron chi connectivity index (χ4n) is 4.03. The third-order valence-electron chi connectivity index (χ3n) is 5.96. The minimum absolute atomic E-state index is 0.242. The van der Waals surface area contributed by atoms with Crippen molar-refractivity contribution in [2.75, 3.05) is 45.7 Å². The molecule has 0 spiro atoms. The van der Waals surface area contributed by atoms with Crippen LogP contribution in [0.2, 0.25) is 0 Å². The van der Waals surface area contributed by atoms with E-state index in [1.165, 1.54) is 11.4 Å². The molecular formula is C26H29N3O5S. The molecule has 0 unspecified atom stereocenters. The Morgan fingerprint density at radius 2 is 1.63 bits per heavy atom. The number of hydrogen-bond acceptors (Lipinski definition) is 6. The molecule has 8 nitrogen and oxygen atoms in total. The molecule has 9 heteroatoms. The number of hydrogen-bond donors (Lipinski definition) is 1. The van der Waals surface area contributed by atoms with Crippen LogP contribution in [-0.2, 0) is 16.6 Å². The average molecular weight is 496 g/mol. The van der Waals surface area contributed by atoms with Gasteiger partial charge in [-0.15, -0.1) is 0 Å². The molecule has 1 amide bonds. The second-order valence-corrected chi connectivity index (χ2v) is 10.2. The van der Waals surface area contributed by atoms with Gasteiger partial charge in [-0.2, -0.15) is 4.31 Å². The summed E-state index contributed by atoms with van der Waals surface area (Å²) in [5.41, 5.74) is 2.07. The van der Waals surface area contributed by atoms with Gasteiger partial charge in [-0.25, -0.2) is 8.42 Å². The van der Waals surface area contributed by atoms with Gasteiger partial charge in [0.2, 0.25) is 10.0 Å². The van der Waals surface area contributed by atoms with Crippen molar-refractivity contribution in [3.63, 3.8) is 0 Å². The maximum atomic E-state index is 12.9. The Morgan fingerprint density at radius 3 is 2.31 bits per heavy atom. The molecule has 0 aliphatic carbocycles. The van der Waals surface area contributed by atoms with Crippen LogP contribution < -0.4 is 14.8 Å². The Bertz CT molecular complexity index is 1270. The average Bonchev–Trinajstić information content (AvgIpc) is 2.90. The van der Waals surface area contributed by atoms with E-state index >= 15 is 0 Å². The smallest absolute Gasteiger partial charge is 0.255 e.